The molecule has 0 bridgehead atoms. The monoisotopic (exact) mass is 415 g/mol. The van der Waals surface area contributed by atoms with E-state index < -0.39 is 6.10 Å². The van der Waals surface area contributed by atoms with Gasteiger partial charge in [-0.3, -0.25) is 0 Å². The van der Waals surface area contributed by atoms with Gasteiger partial charge in [0, 0.05) is 0 Å². The number of benzene rings is 2. The molecular formula is C23H29NOSe. The molecule has 2 aromatic rings. The van der Waals surface area contributed by atoms with Crippen molar-refractivity contribution < 1.29 is 5.11 Å². The molecule has 3 heteroatoms. The number of nitrogens with zero attached hydrogens (tertiary/aromatic N) is 1. The van der Waals surface area contributed by atoms with Gasteiger partial charge in [-0.05, 0) is 0 Å². The van der Waals surface area contributed by atoms with Crippen LogP contribution in [-0.4, -0.2) is 36.2 Å². The van der Waals surface area contributed by atoms with E-state index in [0.29, 0.717) is 0 Å². The molecule has 0 amide bonds. The molecule has 0 radical (unpaired) electrons. The van der Waals surface area contributed by atoms with Crippen LogP contribution >= 0.6 is 0 Å². The Balaban J connectivity index is 2.27. The third-order valence-electron chi connectivity index (χ3n) is 4.58. The van der Waals surface area contributed by atoms with Gasteiger partial charge in [0.1, 0.15) is 0 Å². The molecule has 2 aromatic carbocycles. The van der Waals surface area contributed by atoms with Crippen LogP contribution in [0.15, 0.2) is 73.3 Å². The molecule has 0 aliphatic heterocycles. The Morgan fingerprint density at radius 1 is 1.00 bits per heavy atom. The molecule has 0 saturated carbocycles. The van der Waals surface area contributed by atoms with Gasteiger partial charge in [0.2, 0.25) is 0 Å². The predicted molar refractivity (Wildman–Crippen MR) is 112 cm³/mol. The third kappa shape index (κ3) is 5.95. The van der Waals surface area contributed by atoms with Crippen molar-refractivity contribution in [3.63, 3.8) is 0 Å². The fraction of sp³-hybridized carbons (Fsp3) is 0.348. The summed E-state index contributed by atoms with van der Waals surface area (Å²) in [5.74, 6) is 0.221. The van der Waals surface area contributed by atoms with E-state index in [1.165, 1.54) is 11.1 Å². The molecule has 0 aromatic heterocycles. The van der Waals surface area contributed by atoms with E-state index in [-0.39, 0.29) is 11.8 Å². The zero-order valence-corrected chi connectivity index (χ0v) is 17.4. The molecule has 0 fully saturated rings. The summed E-state index contributed by atoms with van der Waals surface area (Å²) in [5.41, 5.74) is 2.51. The molecule has 0 aliphatic rings. The average Bonchev–Trinajstić information content (AvgIpc) is 2.66. The molecule has 2 nitrogen and oxygen atoms in total. The van der Waals surface area contributed by atoms with Crippen molar-refractivity contribution >= 4 is 20.1 Å². The minimum absolute atomic E-state index is 0.0277. The Kier molecular flexibility index (Phi) is 8.31. The second-order valence-electron chi connectivity index (χ2n) is 7.03. The van der Waals surface area contributed by atoms with Crippen LogP contribution in [0.25, 0.3) is 0 Å². The maximum absolute atomic E-state index is 10.8. The van der Waals surface area contributed by atoms with Gasteiger partial charge in [0.05, 0.1) is 0 Å². The minimum atomic E-state index is -0.404. The van der Waals surface area contributed by atoms with Gasteiger partial charge >= 0.3 is 166 Å². The molecule has 0 spiro atoms. The van der Waals surface area contributed by atoms with Crippen molar-refractivity contribution in [3.05, 3.63) is 84.4 Å². The summed E-state index contributed by atoms with van der Waals surface area (Å²) in [4.78, 5) is 2.34. The molecule has 0 heterocycles. The topological polar surface area (TPSA) is 23.5 Å². The number of hydrogen-bond acceptors (Lipinski definition) is 2. The summed E-state index contributed by atoms with van der Waals surface area (Å²) in [5, 5.41) is 10.8. The number of aliphatic hydroxyl groups excluding tert-OH is 1. The number of aliphatic hydroxyl groups is 1. The van der Waals surface area contributed by atoms with Crippen molar-refractivity contribution in [1.82, 2.24) is 4.90 Å². The number of rotatable bonds is 10. The van der Waals surface area contributed by atoms with Gasteiger partial charge in [0.15, 0.2) is 0 Å². The van der Waals surface area contributed by atoms with Crippen molar-refractivity contribution in [2.75, 3.05) is 0 Å². The molecule has 2 rings (SSSR count). The van der Waals surface area contributed by atoms with E-state index in [2.05, 4.69) is 89.4 Å². The van der Waals surface area contributed by atoms with Gasteiger partial charge in [-0.25, -0.2) is 0 Å². The molecular weight excluding hydrogens is 385 g/mol. The first-order valence-corrected chi connectivity index (χ1v) is 10.0. The Morgan fingerprint density at radius 2 is 1.46 bits per heavy atom. The first-order valence-electron chi connectivity index (χ1n) is 9.18. The van der Waals surface area contributed by atoms with E-state index in [0.717, 1.165) is 24.1 Å². The maximum atomic E-state index is 10.8. The van der Waals surface area contributed by atoms with Crippen LogP contribution in [0.5, 0.6) is 0 Å². The Hall–Kier alpha value is -1.67. The molecule has 0 saturated heterocycles. The van der Waals surface area contributed by atoms with Crippen LogP contribution in [0.4, 0.5) is 0 Å². The Labute approximate surface area is 165 Å². The first kappa shape index (κ1) is 20.6. The molecule has 26 heavy (non-hydrogen) atoms. The predicted octanol–water partition coefficient (Wildman–Crippen LogP) is 4.20. The zero-order chi connectivity index (χ0) is 18.9. The van der Waals surface area contributed by atoms with Gasteiger partial charge in [-0.1, -0.05) is 0 Å². The van der Waals surface area contributed by atoms with Crippen molar-refractivity contribution in [2.45, 2.75) is 39.5 Å². The average molecular weight is 414 g/mol. The van der Waals surface area contributed by atoms with Crippen LogP contribution in [0.1, 0.15) is 31.4 Å². The summed E-state index contributed by atoms with van der Waals surface area (Å²) in [6.45, 7) is 9.62. The normalized spacial score (nSPS) is 13.2. The molecule has 0 unspecified atom stereocenters. The van der Waals surface area contributed by atoms with E-state index in [1.54, 1.807) is 0 Å². The van der Waals surface area contributed by atoms with Crippen LogP contribution in [-0.2, 0) is 13.1 Å². The second-order valence-corrected chi connectivity index (χ2v) is 7.91. The quantitative estimate of drug-likeness (QED) is 0.465. The Bertz CT molecular complexity index is 642. The van der Waals surface area contributed by atoms with Gasteiger partial charge < -0.3 is 0 Å². The number of hydrogen-bond donors (Lipinski definition) is 1. The first-order chi connectivity index (χ1) is 12.5. The SMILES string of the molecule is C=CC[C@H](C(=[Se])N(Cc1ccccc1)Cc1ccccc1)[C@H](O)C(C)C. The standard InChI is InChI=1S/C23H29NOSe/c1-4-11-21(22(25)18(2)3)23(26)24(16-19-12-7-5-8-13-19)17-20-14-9-6-10-15-20/h4-10,12-15,18,21-22,25H,1,11,16-17H2,2-3H3/t21-,22+/m0/s1. The van der Waals surface area contributed by atoms with Crippen molar-refractivity contribution in [3.8, 4) is 0 Å². The fourth-order valence-corrected chi connectivity index (χ4v) is 3.85. The van der Waals surface area contributed by atoms with E-state index >= 15 is 0 Å². The van der Waals surface area contributed by atoms with Crippen LogP contribution in [0.2, 0.25) is 0 Å². The van der Waals surface area contributed by atoms with Crippen LogP contribution < -0.4 is 0 Å². The van der Waals surface area contributed by atoms with Crippen LogP contribution in [0.3, 0.4) is 0 Å². The van der Waals surface area contributed by atoms with E-state index in [9.17, 15) is 5.11 Å². The molecule has 0 aliphatic carbocycles. The molecule has 1 N–H and O–H groups in total. The summed E-state index contributed by atoms with van der Waals surface area (Å²) in [6.07, 6.45) is 2.25. The molecule has 2 atom stereocenters. The Morgan fingerprint density at radius 3 is 1.85 bits per heavy atom. The summed E-state index contributed by atoms with van der Waals surface area (Å²) >= 11 is 3.27. The fourth-order valence-electron chi connectivity index (χ4n) is 3.08. The van der Waals surface area contributed by atoms with Gasteiger partial charge in [0.25, 0.3) is 0 Å². The van der Waals surface area contributed by atoms with Crippen molar-refractivity contribution in [1.29, 1.82) is 0 Å². The van der Waals surface area contributed by atoms with Crippen molar-refractivity contribution in [2.24, 2.45) is 11.8 Å². The third-order valence-corrected chi connectivity index (χ3v) is 5.75. The van der Waals surface area contributed by atoms with Gasteiger partial charge in [-0.15, -0.1) is 0 Å². The van der Waals surface area contributed by atoms with E-state index in [4.69, 9.17) is 0 Å². The summed E-state index contributed by atoms with van der Waals surface area (Å²) < 4.78 is 1.10. The summed E-state index contributed by atoms with van der Waals surface area (Å²) in [7, 11) is 0. The van der Waals surface area contributed by atoms with E-state index in [1.807, 2.05) is 18.2 Å². The molecule has 138 valence electrons. The summed E-state index contributed by atoms with van der Waals surface area (Å²) in [6, 6.07) is 20.9. The van der Waals surface area contributed by atoms with Crippen LogP contribution in [0, 0.1) is 11.8 Å². The second kappa shape index (κ2) is 10.5. The van der Waals surface area contributed by atoms with Gasteiger partial charge in [-0.2, -0.15) is 0 Å². The zero-order valence-electron chi connectivity index (χ0n) is 15.7. The number of allylic oxidation sites excluding steroid dienone is 1.